The Hall–Kier alpha value is -15.1. The van der Waals surface area contributed by atoms with Crippen LogP contribution >= 0.6 is 34.8 Å². The number of piperazine rings is 5. The van der Waals surface area contributed by atoms with Crippen LogP contribution in [0.2, 0.25) is 10.3 Å². The summed E-state index contributed by atoms with van der Waals surface area (Å²) in [5.41, 5.74) is 17.2. The summed E-state index contributed by atoms with van der Waals surface area (Å²) in [7, 11) is 4.54. The minimum Gasteiger partial charge on any atom is -0.400 e. The van der Waals surface area contributed by atoms with Crippen molar-refractivity contribution in [2.75, 3.05) is 183 Å². The maximum Gasteiger partial charge on any atom is 0.298 e. The Labute approximate surface area is 815 Å². The van der Waals surface area contributed by atoms with Gasteiger partial charge in [-0.1, -0.05) is 79.7 Å². The van der Waals surface area contributed by atoms with Crippen LogP contribution in [0, 0.1) is 67.5 Å². The Morgan fingerprint density at radius 2 is 0.662 bits per heavy atom. The molecule has 0 spiro atoms. The van der Waals surface area contributed by atoms with Crippen LogP contribution in [0.1, 0.15) is 39.8 Å². The average Bonchev–Trinajstić information content (AvgIpc) is 1.64. The number of aliphatic hydroxyl groups excluding tert-OH is 1. The second kappa shape index (κ2) is 54.6. The van der Waals surface area contributed by atoms with Gasteiger partial charge in [0.15, 0.2) is 23.3 Å². The van der Waals surface area contributed by atoms with Crippen molar-refractivity contribution in [3.8, 4) is 22.3 Å². The number of amides is 1. The van der Waals surface area contributed by atoms with Gasteiger partial charge < -0.3 is 75.5 Å². The third-order valence-corrected chi connectivity index (χ3v) is 22.4. The van der Waals surface area contributed by atoms with Crippen molar-refractivity contribution in [3.63, 3.8) is 0 Å². The lowest BCUT2D eigenvalue weighted by molar-refractivity contribution is -0.385. The number of aryl methyl sites for hydroxylation is 2. The highest BCUT2D eigenvalue weighted by molar-refractivity contribution is 6.83. The van der Waals surface area contributed by atoms with Gasteiger partial charge in [-0.25, -0.2) is 57.4 Å². The van der Waals surface area contributed by atoms with Crippen molar-refractivity contribution in [1.29, 1.82) is 0 Å². The molecule has 730 valence electrons. The van der Waals surface area contributed by atoms with Crippen LogP contribution in [-0.2, 0) is 23.7 Å². The zero-order valence-electron chi connectivity index (χ0n) is 75.9. The first-order valence-corrected chi connectivity index (χ1v) is 44.4. The smallest absolute Gasteiger partial charge is 0.298 e. The largest absolute Gasteiger partial charge is 0.400 e. The van der Waals surface area contributed by atoms with Crippen LogP contribution in [0.15, 0.2) is 244 Å². The third kappa shape index (κ3) is 32.6. The zero-order valence-corrected chi connectivity index (χ0v) is 78.2. The Balaban J connectivity index is 0.000000187. The summed E-state index contributed by atoms with van der Waals surface area (Å²) in [5.74, 6) is -2.10. The standard InChI is InChI=1S/C28H27FN6O2.C14H12ClNO2.C14H14FN5O2.C14H16FN5.C10H13N3O2.C6H4ClNO2.C4H2ClFN2.C4H10N2.CH4O.CH4/c1-19-16-24(20-6-4-3-5-7-20)25(33(19)2)26(36)27(37)32-22-8-10-23(11-9-22)34-12-14-35(15-13-34)28-30-17-21(29)18-31-28;1-9-8-11(10-6-4-3-5-7-10)12(16(9)2)13(17)14(15)18;15-11-9-16-14(17-10-11)19-7-5-18(6-8-19)12-1-3-13(4-2-12)20(21)22;15-11-9-17-14(18-10-11)20-7-5-19(6-8-20)13-3-1-12(16)2-4-13;14-13(15)10-3-1-9(2-4-10)12-7-5-11-6-8-12;7-5-1-3-6(4-2-5)8(9)10;5-4-7-1-3(6)2-8-4;1-2-6-4-3-5-1;1-2;/h3-11,16-18H,12-15H2,1-2H3,(H,32,37);3-8H,1-2H3;1-4,9-10H,5-8H2;1-4,9-10H,5-8,16H2;1-4,11H,5-8H2;1-4H;1-2H;5-6H,1-4H2;2H,1H3;1H4. The molecule has 1 amide bonds. The minimum absolute atomic E-state index is 0. The quantitative estimate of drug-likeness (QED) is 0.00720. The minimum atomic E-state index is -0.964. The molecule has 0 unspecified atom stereocenters. The monoisotopic (exact) mass is 1970 g/mol. The first kappa shape index (κ1) is 108. The van der Waals surface area contributed by atoms with Gasteiger partial charge in [-0.15, -0.1) is 0 Å². The number of benzene rings is 7. The number of ketones is 2. The molecule has 5 aliphatic heterocycles. The Kier molecular flexibility index (Phi) is 42.3. The van der Waals surface area contributed by atoms with E-state index in [1.807, 2.05) is 145 Å². The summed E-state index contributed by atoms with van der Waals surface area (Å²) >= 11 is 16.0. The summed E-state index contributed by atoms with van der Waals surface area (Å²) in [4.78, 5) is 125. The molecule has 43 heteroatoms. The van der Waals surface area contributed by atoms with Crippen LogP contribution in [-0.4, -0.2) is 230 Å². The number of nitrogens with two attached hydrogens (primary N) is 1. The SMILES string of the molecule is C.C1CNCCN1.CO.Cc1cc(-c2ccccc2)c(C(=O)C(=O)Cl)n1C.Cc1cc(-c2ccccc2)c(C(=O)C(=O)Nc2ccc(N3CCN(c4ncc(F)cn4)CC3)cc2)n1C.Fc1cnc(Cl)nc1.Nc1ccc(N2CCN(c3ncc(F)cn3)CC2)cc1.O=[N+]([O-])c1ccc(Cl)cc1.O=[N+]([O-])c1ccc(N2CCN(c3ncc(F)cn3)CC2)cc1.O=[N+]([O-])c1ccc(N2CCNCC2)cc1. The molecule has 5 aliphatic rings. The lowest BCUT2D eigenvalue weighted by Gasteiger charge is -2.36. The molecule has 0 radical (unpaired) electrons. The van der Waals surface area contributed by atoms with Crippen LogP contribution < -0.4 is 61.3 Å². The highest BCUT2D eigenvalue weighted by Gasteiger charge is 2.29. The van der Waals surface area contributed by atoms with E-state index in [9.17, 15) is 67.1 Å². The van der Waals surface area contributed by atoms with Gasteiger partial charge in [0, 0.05) is 250 Å². The first-order valence-electron chi connectivity index (χ1n) is 43.3. The molecule has 18 rings (SSSR count). The van der Waals surface area contributed by atoms with E-state index in [0.717, 1.165) is 193 Å². The van der Waals surface area contributed by atoms with E-state index in [1.165, 1.54) is 66.9 Å². The molecule has 0 saturated carbocycles. The van der Waals surface area contributed by atoms with Gasteiger partial charge in [-0.3, -0.25) is 49.5 Å². The Bertz CT molecular complexity index is 5970. The number of nitrogens with zero attached hydrogens (tertiary/aromatic N) is 20. The number of hydrogen-bond donors (Lipinski definition) is 6. The van der Waals surface area contributed by atoms with Gasteiger partial charge >= 0.3 is 0 Å². The number of anilines is 9. The molecule has 36 nitrogen and oxygen atoms in total. The molecule has 11 heterocycles. The zero-order chi connectivity index (χ0) is 99.2. The Morgan fingerprint density at radius 1 is 0.388 bits per heavy atom. The van der Waals surface area contributed by atoms with Gasteiger partial charge in [0.2, 0.25) is 23.1 Å². The van der Waals surface area contributed by atoms with Crippen molar-refractivity contribution in [1.82, 2.24) is 65.0 Å². The maximum absolute atomic E-state index is 13.2. The molecule has 0 atom stereocenters. The summed E-state index contributed by atoms with van der Waals surface area (Å²) in [6.07, 6.45) is 9.09. The summed E-state index contributed by atoms with van der Waals surface area (Å²) in [6.45, 7) is 21.4. The lowest BCUT2D eigenvalue weighted by atomic mass is 10.0. The molecule has 7 aromatic carbocycles. The Morgan fingerprint density at radius 3 is 0.964 bits per heavy atom. The number of Topliss-reactive ketones (excluding diaryl/α,β-unsaturated/α-hetero) is 2. The van der Waals surface area contributed by atoms with Crippen molar-refractivity contribution in [2.45, 2.75) is 21.3 Å². The number of carbonyl (C=O) groups is 4. The molecular formula is C96H106Cl3F4N25O11. The lowest BCUT2D eigenvalue weighted by Crippen LogP contribution is -2.47. The summed E-state index contributed by atoms with van der Waals surface area (Å²) in [5, 5.41) is 50.3. The number of nitrogens with one attached hydrogen (secondary N) is 4. The summed E-state index contributed by atoms with van der Waals surface area (Å²) in [6, 6.07) is 57.1. The van der Waals surface area contributed by atoms with Crippen LogP contribution in [0.5, 0.6) is 0 Å². The van der Waals surface area contributed by atoms with E-state index < -0.39 is 55.8 Å². The molecule has 5 fully saturated rings. The fraction of sp³-hybridized carbons (Fsp3) is 0.271. The van der Waals surface area contributed by atoms with E-state index in [-0.39, 0.29) is 34.7 Å². The number of non-ortho nitro benzene ring substituents is 3. The normalized spacial score (nSPS) is 13.6. The number of hydrogen-bond acceptors (Lipinski definition) is 30. The second-order valence-electron chi connectivity index (χ2n) is 30.7. The van der Waals surface area contributed by atoms with Crippen LogP contribution in [0.4, 0.5) is 86.6 Å². The summed E-state index contributed by atoms with van der Waals surface area (Å²) < 4.78 is 54.1. The molecule has 139 heavy (non-hydrogen) atoms. The maximum atomic E-state index is 13.2. The van der Waals surface area contributed by atoms with Gasteiger partial charge in [-0.2, -0.15) is 0 Å². The van der Waals surface area contributed by atoms with Crippen molar-refractivity contribution in [3.05, 3.63) is 330 Å². The molecule has 7 N–H and O–H groups in total. The predicted molar refractivity (Wildman–Crippen MR) is 533 cm³/mol. The topological polar surface area (TPSA) is 428 Å². The number of aromatic nitrogens is 10. The van der Waals surface area contributed by atoms with Gasteiger partial charge in [-0.05, 0) is 145 Å². The number of rotatable bonds is 17. The van der Waals surface area contributed by atoms with Crippen molar-refractivity contribution >= 4 is 127 Å². The highest BCUT2D eigenvalue weighted by atomic mass is 35.5. The molecular weight excluding hydrogens is 1860 g/mol. The van der Waals surface area contributed by atoms with E-state index in [0.29, 0.717) is 66.1 Å². The molecule has 0 aliphatic carbocycles. The number of nitro benzene ring substituents is 3. The third-order valence-electron chi connectivity index (χ3n) is 21.7. The molecule has 5 saturated heterocycles. The van der Waals surface area contributed by atoms with Crippen molar-refractivity contribution in [2.24, 2.45) is 14.1 Å². The van der Waals surface area contributed by atoms with Gasteiger partial charge in [0.05, 0.1) is 64.3 Å². The van der Waals surface area contributed by atoms with Crippen molar-refractivity contribution < 1.29 is 56.6 Å². The van der Waals surface area contributed by atoms with E-state index >= 15 is 0 Å². The average molecular weight is 1970 g/mol. The van der Waals surface area contributed by atoms with Crippen LogP contribution in [0.25, 0.3) is 22.3 Å². The van der Waals surface area contributed by atoms with Gasteiger partial charge in [0.1, 0.15) is 11.4 Å². The van der Waals surface area contributed by atoms with Crippen LogP contribution in [0.3, 0.4) is 0 Å². The number of aliphatic hydroxyl groups is 1. The molecule has 6 aromatic heterocycles. The van der Waals surface area contributed by atoms with E-state index in [4.69, 9.17) is 45.6 Å². The fourth-order valence-electron chi connectivity index (χ4n) is 14.4. The predicted octanol–water partition coefficient (Wildman–Crippen LogP) is 14.3. The molecule has 0 bridgehead atoms. The van der Waals surface area contributed by atoms with E-state index in [1.54, 1.807) is 59.6 Å². The van der Waals surface area contributed by atoms with E-state index in [2.05, 4.69) is 85.6 Å². The van der Waals surface area contributed by atoms with Gasteiger partial charge in [0.25, 0.3) is 39.8 Å². The first-order chi connectivity index (χ1) is 66.5. The number of halogens is 7. The number of carbonyl (C=O) groups excluding carboxylic acids is 4. The fourth-order valence-corrected chi connectivity index (χ4v) is 14.7. The number of nitro groups is 3. The number of nitrogen functional groups attached to an aromatic ring is 1. The molecule has 13 aromatic rings. The second-order valence-corrected chi connectivity index (χ2v) is 31.8. The highest BCUT2D eigenvalue weighted by Crippen LogP contribution is 2.32.